The van der Waals surface area contributed by atoms with Gasteiger partial charge in [0, 0.05) is 21.1 Å². The number of methoxy groups -OCH3 is 1. The normalized spacial score (nSPS) is 16.9. The van der Waals surface area contributed by atoms with Crippen molar-refractivity contribution in [2.75, 3.05) is 19.0 Å². The predicted molar refractivity (Wildman–Crippen MR) is 101 cm³/mol. The Morgan fingerprint density at radius 3 is 2.83 bits per heavy atom. The molecule has 1 N–H and O–H groups in total. The molecular formula is C16H16IN3O3S. The lowest BCUT2D eigenvalue weighted by Gasteiger charge is -2.21. The van der Waals surface area contributed by atoms with Gasteiger partial charge in [0.15, 0.2) is 5.13 Å². The fourth-order valence-electron chi connectivity index (χ4n) is 2.65. The number of likely N-dealkylation sites (tertiary alicyclic amines) is 1. The highest BCUT2D eigenvalue weighted by Gasteiger charge is 2.35. The van der Waals surface area contributed by atoms with E-state index in [4.69, 9.17) is 4.74 Å². The van der Waals surface area contributed by atoms with Gasteiger partial charge in [0.05, 0.1) is 12.8 Å². The molecule has 2 aromatic rings. The third-order valence-electron chi connectivity index (χ3n) is 3.84. The van der Waals surface area contributed by atoms with Crippen molar-refractivity contribution in [2.24, 2.45) is 0 Å². The molecule has 1 unspecified atom stereocenters. The monoisotopic (exact) mass is 457 g/mol. The first kappa shape index (κ1) is 17.2. The Hall–Kier alpha value is -1.68. The molecule has 2 heterocycles. The Morgan fingerprint density at radius 1 is 1.38 bits per heavy atom. The zero-order valence-electron chi connectivity index (χ0n) is 13.0. The molecule has 8 heteroatoms. The summed E-state index contributed by atoms with van der Waals surface area (Å²) < 4.78 is 5.89. The number of rotatable bonds is 3. The summed E-state index contributed by atoms with van der Waals surface area (Å²) in [5.41, 5.74) is 1.83. The van der Waals surface area contributed by atoms with E-state index in [2.05, 4.69) is 32.9 Å². The third-order valence-corrected chi connectivity index (χ3v) is 5.32. The molecule has 3 rings (SSSR count). The van der Waals surface area contributed by atoms with E-state index < -0.39 is 12.1 Å². The van der Waals surface area contributed by atoms with Crippen LogP contribution in [0.4, 0.5) is 9.93 Å². The number of hydrogen-bond donors (Lipinski definition) is 1. The highest BCUT2D eigenvalue weighted by Crippen LogP contribution is 2.26. The van der Waals surface area contributed by atoms with Gasteiger partial charge >= 0.3 is 6.09 Å². The van der Waals surface area contributed by atoms with Gasteiger partial charge in [-0.3, -0.25) is 9.69 Å². The molecule has 0 spiro atoms. The molecule has 0 radical (unpaired) electrons. The minimum absolute atomic E-state index is 0.221. The van der Waals surface area contributed by atoms with Crippen LogP contribution < -0.4 is 5.32 Å². The number of carbonyl (C=O) groups excluding carboxylic acids is 2. The van der Waals surface area contributed by atoms with Crippen LogP contribution in [-0.4, -0.2) is 41.6 Å². The number of ether oxygens (including phenoxy) is 1. The number of carbonyl (C=O) groups is 2. The van der Waals surface area contributed by atoms with Crippen LogP contribution in [0.1, 0.15) is 12.8 Å². The van der Waals surface area contributed by atoms with Gasteiger partial charge in [-0.2, -0.15) is 0 Å². The summed E-state index contributed by atoms with van der Waals surface area (Å²) in [6.07, 6.45) is 0.960. The van der Waals surface area contributed by atoms with Gasteiger partial charge in [-0.1, -0.05) is 12.1 Å². The number of nitrogens with one attached hydrogen (secondary N) is 1. The maximum Gasteiger partial charge on any atom is 0.410 e. The van der Waals surface area contributed by atoms with Gasteiger partial charge in [-0.25, -0.2) is 9.78 Å². The van der Waals surface area contributed by atoms with Crippen LogP contribution in [0.5, 0.6) is 0 Å². The Labute approximate surface area is 157 Å². The number of aromatic nitrogens is 1. The average Bonchev–Trinajstić information content (AvgIpc) is 3.24. The Kier molecular flexibility index (Phi) is 5.34. The van der Waals surface area contributed by atoms with Crippen molar-refractivity contribution < 1.29 is 14.3 Å². The predicted octanol–water partition coefficient (Wildman–Crippen LogP) is 3.58. The van der Waals surface area contributed by atoms with Crippen molar-refractivity contribution in [3.63, 3.8) is 0 Å². The highest BCUT2D eigenvalue weighted by atomic mass is 127. The van der Waals surface area contributed by atoms with Crippen molar-refractivity contribution in [3.8, 4) is 11.3 Å². The molecule has 1 aliphatic rings. The summed E-state index contributed by atoms with van der Waals surface area (Å²) >= 11 is 3.62. The summed E-state index contributed by atoms with van der Waals surface area (Å²) in [7, 11) is 1.32. The Bertz CT molecular complexity index is 747. The second kappa shape index (κ2) is 7.47. The summed E-state index contributed by atoms with van der Waals surface area (Å²) in [5, 5.41) is 5.25. The fourth-order valence-corrected chi connectivity index (χ4v) is 3.73. The maximum absolute atomic E-state index is 12.4. The van der Waals surface area contributed by atoms with Gasteiger partial charge in [0.25, 0.3) is 0 Å². The molecule has 0 aliphatic carbocycles. The van der Waals surface area contributed by atoms with Crippen molar-refractivity contribution in [3.05, 3.63) is 33.2 Å². The first-order valence-corrected chi connectivity index (χ1v) is 9.41. The lowest BCUT2D eigenvalue weighted by molar-refractivity contribution is -0.119. The minimum atomic E-state index is -0.497. The molecule has 2 amide bonds. The average molecular weight is 457 g/mol. The van der Waals surface area contributed by atoms with Crippen molar-refractivity contribution in [1.29, 1.82) is 0 Å². The molecule has 24 heavy (non-hydrogen) atoms. The van der Waals surface area contributed by atoms with Crippen molar-refractivity contribution >= 4 is 51.1 Å². The highest BCUT2D eigenvalue weighted by molar-refractivity contribution is 14.1. The summed E-state index contributed by atoms with van der Waals surface area (Å²) in [6, 6.07) is 7.53. The zero-order chi connectivity index (χ0) is 17.1. The second-order valence-corrected chi connectivity index (χ2v) is 7.46. The van der Waals surface area contributed by atoms with Crippen molar-refractivity contribution in [1.82, 2.24) is 9.88 Å². The van der Waals surface area contributed by atoms with E-state index >= 15 is 0 Å². The molecule has 1 saturated heterocycles. The molecule has 1 fully saturated rings. The molecule has 0 saturated carbocycles. The number of thiazole rings is 1. The number of nitrogens with zero attached hydrogens (tertiary/aromatic N) is 2. The Balaban J connectivity index is 1.69. The van der Waals surface area contributed by atoms with Gasteiger partial charge < -0.3 is 10.1 Å². The molecule has 6 nitrogen and oxygen atoms in total. The second-order valence-electron chi connectivity index (χ2n) is 5.36. The van der Waals surface area contributed by atoms with Gasteiger partial charge in [-0.15, -0.1) is 11.3 Å². The zero-order valence-corrected chi connectivity index (χ0v) is 16.0. The number of anilines is 1. The van der Waals surface area contributed by atoms with E-state index in [1.807, 2.05) is 29.6 Å². The van der Waals surface area contributed by atoms with E-state index in [0.717, 1.165) is 21.2 Å². The van der Waals surface area contributed by atoms with Gasteiger partial charge in [-0.05, 0) is 47.6 Å². The van der Waals surface area contributed by atoms with E-state index in [-0.39, 0.29) is 5.91 Å². The molecule has 1 atom stereocenters. The molecule has 0 bridgehead atoms. The number of hydrogen-bond acceptors (Lipinski definition) is 5. The molecular weight excluding hydrogens is 441 g/mol. The summed E-state index contributed by atoms with van der Waals surface area (Å²) in [4.78, 5) is 30.1. The van der Waals surface area contributed by atoms with Crippen LogP contribution in [0.2, 0.25) is 0 Å². The third kappa shape index (κ3) is 3.69. The largest absolute Gasteiger partial charge is 0.453 e. The topological polar surface area (TPSA) is 71.5 Å². The molecule has 1 aromatic carbocycles. The summed E-state index contributed by atoms with van der Waals surface area (Å²) in [5.74, 6) is -0.221. The van der Waals surface area contributed by atoms with Crippen LogP contribution >= 0.6 is 33.9 Å². The lowest BCUT2D eigenvalue weighted by atomic mass is 10.2. The van der Waals surface area contributed by atoms with E-state index in [1.54, 1.807) is 0 Å². The number of benzene rings is 1. The molecule has 1 aliphatic heterocycles. The van der Waals surface area contributed by atoms with Gasteiger partial charge in [0.1, 0.15) is 6.04 Å². The van der Waals surface area contributed by atoms with Crippen LogP contribution in [0, 0.1) is 3.57 Å². The van der Waals surface area contributed by atoms with Crippen LogP contribution in [0.3, 0.4) is 0 Å². The molecule has 126 valence electrons. The lowest BCUT2D eigenvalue weighted by Crippen LogP contribution is -2.43. The standard InChI is InChI=1S/C16H16IN3O3S/c1-23-16(22)20-8-2-3-13(20)14(21)19-15-18-12(9-24-15)10-4-6-11(17)7-5-10/h4-7,9,13H,2-3,8H2,1H3,(H,18,19,21). The summed E-state index contributed by atoms with van der Waals surface area (Å²) in [6.45, 7) is 0.538. The van der Waals surface area contributed by atoms with Crippen molar-refractivity contribution in [2.45, 2.75) is 18.9 Å². The first-order chi connectivity index (χ1) is 11.6. The van der Waals surface area contributed by atoms with Crippen LogP contribution in [0.25, 0.3) is 11.3 Å². The maximum atomic E-state index is 12.4. The van der Waals surface area contributed by atoms with Crippen LogP contribution in [0.15, 0.2) is 29.6 Å². The van der Waals surface area contributed by atoms with E-state index in [0.29, 0.717) is 18.1 Å². The number of halogens is 1. The number of amides is 2. The van der Waals surface area contributed by atoms with E-state index in [1.165, 1.54) is 23.3 Å². The first-order valence-electron chi connectivity index (χ1n) is 7.45. The Morgan fingerprint density at radius 2 is 2.12 bits per heavy atom. The van der Waals surface area contributed by atoms with Gasteiger partial charge in [0.2, 0.25) is 5.91 Å². The SMILES string of the molecule is COC(=O)N1CCCC1C(=O)Nc1nc(-c2ccc(I)cc2)cs1. The van der Waals surface area contributed by atoms with E-state index in [9.17, 15) is 9.59 Å². The smallest absolute Gasteiger partial charge is 0.410 e. The quantitative estimate of drug-likeness (QED) is 0.716. The van der Waals surface area contributed by atoms with Crippen LogP contribution in [-0.2, 0) is 9.53 Å². The fraction of sp³-hybridized carbons (Fsp3) is 0.312. The minimum Gasteiger partial charge on any atom is -0.453 e. The molecule has 1 aromatic heterocycles.